The molecule has 11 rings (SSSR count). The molecule has 68 heavy (non-hydrogen) atoms. The summed E-state index contributed by atoms with van der Waals surface area (Å²) < 4.78 is 103. The third kappa shape index (κ3) is 9.93. The minimum Gasteiger partial charge on any atom is -0.481 e. The van der Waals surface area contributed by atoms with E-state index >= 15 is 0 Å². The van der Waals surface area contributed by atoms with Gasteiger partial charge in [-0.05, 0) is 140 Å². The summed E-state index contributed by atoms with van der Waals surface area (Å²) in [6, 6.07) is 19.8. The van der Waals surface area contributed by atoms with Crippen LogP contribution in [0.1, 0.15) is 66.3 Å². The second-order valence-electron chi connectivity index (χ2n) is 16.4. The molecule has 5 heterocycles. The number of rotatable bonds is 7. The molecule has 14 nitrogen and oxygen atoms in total. The molecule has 0 atom stereocenters. The molecule has 1 amide bonds. The van der Waals surface area contributed by atoms with Crippen LogP contribution < -0.4 is 39.5 Å². The molecule has 0 radical (unpaired) electrons. The summed E-state index contributed by atoms with van der Waals surface area (Å²) in [7, 11) is 0. The number of nitrogens with two attached hydrogens (primary N) is 1. The molecular formula is C45H35Cl3F6N4O10. The Kier molecular flexibility index (Phi) is 12.2. The molecule has 23 heteroatoms. The highest BCUT2D eigenvalue weighted by Crippen LogP contribution is 2.55. The van der Waals surface area contributed by atoms with Gasteiger partial charge in [-0.1, -0.05) is 53.5 Å². The number of amides is 1. The zero-order valence-corrected chi connectivity index (χ0v) is 37.5. The van der Waals surface area contributed by atoms with E-state index < -0.39 is 46.3 Å². The first-order valence-corrected chi connectivity index (χ1v) is 21.5. The number of carbonyl (C=O) groups is 3. The lowest BCUT2D eigenvalue weighted by Crippen LogP contribution is -2.28. The van der Waals surface area contributed by atoms with Gasteiger partial charge >= 0.3 is 24.9 Å². The minimum atomic E-state index is -3.68. The van der Waals surface area contributed by atoms with E-state index in [4.69, 9.17) is 45.6 Å². The number of nitrogens with one attached hydrogen (secondary N) is 1. The number of anilines is 2. The van der Waals surface area contributed by atoms with Crippen molar-refractivity contribution < 1.29 is 74.3 Å². The van der Waals surface area contributed by atoms with Gasteiger partial charge in [0, 0.05) is 0 Å². The van der Waals surface area contributed by atoms with Crippen LogP contribution >= 0.6 is 34.8 Å². The fourth-order valence-corrected chi connectivity index (χ4v) is 7.93. The van der Waals surface area contributed by atoms with E-state index in [2.05, 4.69) is 43.7 Å². The zero-order chi connectivity index (χ0) is 49.2. The summed E-state index contributed by atoms with van der Waals surface area (Å²) in [5.41, 5.74) is 6.32. The van der Waals surface area contributed by atoms with Gasteiger partial charge < -0.3 is 44.6 Å². The number of aromatic nitrogens is 2. The maximum absolute atomic E-state index is 13.2. The molecule has 4 N–H and O–H groups in total. The average molecular weight is 1010 g/mol. The van der Waals surface area contributed by atoms with Gasteiger partial charge in [-0.25, -0.2) is 9.97 Å². The number of benzene rings is 3. The Morgan fingerprint density at radius 3 is 1.28 bits per heavy atom. The van der Waals surface area contributed by atoms with Crippen molar-refractivity contribution in [1.29, 1.82) is 0 Å². The highest BCUT2D eigenvalue weighted by Gasteiger charge is 2.55. The summed E-state index contributed by atoms with van der Waals surface area (Å²) in [6.45, 7) is 3.69. The molecule has 358 valence electrons. The summed E-state index contributed by atoms with van der Waals surface area (Å²) in [6.07, 6.45) is -7.48. The Morgan fingerprint density at radius 1 is 0.559 bits per heavy atom. The van der Waals surface area contributed by atoms with Gasteiger partial charge in [0.25, 0.3) is 0 Å². The van der Waals surface area contributed by atoms with Gasteiger partial charge in [0.15, 0.2) is 34.5 Å². The van der Waals surface area contributed by atoms with Gasteiger partial charge in [-0.2, -0.15) is 0 Å². The molecule has 3 fully saturated rings. The highest BCUT2D eigenvalue weighted by molar-refractivity contribution is 6.66. The largest absolute Gasteiger partial charge is 0.586 e. The standard InChI is InChI=1S/C17H13ClF2N2O3.C11H7ClF2O3.C11H8F2O4.C6H7ClN2/c1-9-2-5-13(21-14(9)18)22-15(23)16(6-7-16)10-3-4-11-12(8-10)25-17(19,20)24-11;12-9(15)10(3-4-10)6-1-2-7-8(5-6)17-11(13,14)16-7;12-11(13)16-7-2-1-6(5-8(7)17-11)10(3-4-10)9(14)15;1-4-2-3-5(8)9-6(4)7/h2-5,8H,6-7H2,1H3,(H,21,22,23);1-2,5H,3-4H2;1-2,5H,3-4H2,(H,14,15);2-3H,1H3,(H2,8,9). The number of halogens is 9. The first-order chi connectivity index (χ1) is 31.8. The second kappa shape index (κ2) is 17.3. The first-order valence-electron chi connectivity index (χ1n) is 20.3. The van der Waals surface area contributed by atoms with Gasteiger partial charge in [-0.3, -0.25) is 14.4 Å². The summed E-state index contributed by atoms with van der Waals surface area (Å²) in [5, 5.41) is 12.2. The lowest BCUT2D eigenvalue weighted by atomic mass is 9.94. The average Bonchev–Trinajstić information content (AvgIpc) is 4.18. The van der Waals surface area contributed by atoms with Crippen LogP contribution in [0.25, 0.3) is 0 Å². The monoisotopic (exact) mass is 1010 g/mol. The van der Waals surface area contributed by atoms with Crippen LogP contribution in [0.3, 0.4) is 0 Å². The Morgan fingerprint density at radius 2 is 0.926 bits per heavy atom. The number of aliphatic carboxylic acids is 1. The van der Waals surface area contributed by atoms with Crippen molar-refractivity contribution in [2.45, 2.75) is 87.5 Å². The minimum absolute atomic E-state index is 0.0310. The van der Waals surface area contributed by atoms with Gasteiger partial charge in [0.05, 0.1) is 16.2 Å². The number of fused-ring (bicyclic) bond motifs is 3. The summed E-state index contributed by atoms with van der Waals surface area (Å²) >= 11 is 17.1. The first kappa shape index (κ1) is 48.1. The third-order valence-electron chi connectivity index (χ3n) is 11.7. The van der Waals surface area contributed by atoms with Crippen molar-refractivity contribution in [3.05, 3.63) is 117 Å². The molecule has 3 saturated carbocycles. The van der Waals surface area contributed by atoms with Crippen molar-refractivity contribution in [1.82, 2.24) is 9.97 Å². The van der Waals surface area contributed by atoms with Crippen molar-refractivity contribution in [2.24, 2.45) is 0 Å². The lowest BCUT2D eigenvalue weighted by molar-refractivity contribution is -0.287. The molecule has 3 aliphatic heterocycles. The Labute approximate surface area is 396 Å². The number of carboxylic acids is 1. The van der Waals surface area contributed by atoms with Crippen molar-refractivity contribution >= 4 is 63.6 Å². The molecule has 3 aliphatic carbocycles. The van der Waals surface area contributed by atoms with Crippen LogP contribution in [0.15, 0.2) is 78.9 Å². The maximum Gasteiger partial charge on any atom is 0.586 e. The molecule has 3 aromatic carbocycles. The fraction of sp³-hybridized carbons (Fsp3) is 0.311. The quantitative estimate of drug-likeness (QED) is 0.0794. The smallest absolute Gasteiger partial charge is 0.481 e. The SMILES string of the molecule is Cc1ccc(N)nc1Cl.Cc1ccc(NC(=O)C2(c3ccc4c(c3)OC(F)(F)O4)CC2)nc1Cl.O=C(Cl)C1(c2ccc3c(c2)OC(F)(F)O3)CC1.O=C(O)C1(c2ccc3c(c2)OC(F)(F)O3)CC1. The molecule has 0 spiro atoms. The van der Waals surface area contributed by atoms with E-state index in [0.29, 0.717) is 77.2 Å². The number of aryl methyl sites for hydroxylation is 2. The van der Waals surface area contributed by atoms with Gasteiger partial charge in [0.1, 0.15) is 21.9 Å². The van der Waals surface area contributed by atoms with E-state index in [9.17, 15) is 40.7 Å². The number of hydrogen-bond donors (Lipinski definition) is 3. The van der Waals surface area contributed by atoms with Gasteiger partial charge in [0.2, 0.25) is 11.1 Å². The lowest BCUT2D eigenvalue weighted by Gasteiger charge is -2.16. The molecule has 0 saturated heterocycles. The van der Waals surface area contributed by atoms with E-state index in [0.717, 1.165) is 11.1 Å². The van der Waals surface area contributed by atoms with E-state index in [1.54, 1.807) is 30.3 Å². The van der Waals surface area contributed by atoms with Crippen molar-refractivity contribution in [3.63, 3.8) is 0 Å². The number of alkyl halides is 6. The molecular weight excluding hydrogens is 977 g/mol. The number of nitrogen functional groups attached to an aromatic ring is 1. The van der Waals surface area contributed by atoms with Crippen LogP contribution in [0.5, 0.6) is 34.5 Å². The van der Waals surface area contributed by atoms with E-state index in [1.165, 1.54) is 42.5 Å². The highest BCUT2D eigenvalue weighted by atomic mass is 35.5. The predicted octanol–water partition coefficient (Wildman–Crippen LogP) is 10.6. The summed E-state index contributed by atoms with van der Waals surface area (Å²) in [4.78, 5) is 43.0. The number of ether oxygens (including phenoxy) is 6. The number of carboxylic acid groups (broad SMARTS) is 1. The van der Waals surface area contributed by atoms with Gasteiger partial charge in [-0.15, -0.1) is 26.3 Å². The predicted molar refractivity (Wildman–Crippen MR) is 230 cm³/mol. The fourth-order valence-electron chi connectivity index (χ4n) is 7.31. The van der Waals surface area contributed by atoms with Crippen LogP contribution in [0, 0.1) is 13.8 Å². The molecule has 2 aromatic heterocycles. The molecule has 0 bridgehead atoms. The van der Waals surface area contributed by atoms with E-state index in [1.807, 2.05) is 19.9 Å². The Balaban J connectivity index is 0.000000129. The van der Waals surface area contributed by atoms with Crippen molar-refractivity contribution in [2.75, 3.05) is 11.1 Å². The van der Waals surface area contributed by atoms with Crippen molar-refractivity contribution in [3.8, 4) is 34.5 Å². The van der Waals surface area contributed by atoms with Crippen LogP contribution in [0.4, 0.5) is 38.0 Å². The number of pyridine rings is 2. The Bertz CT molecular complexity index is 2770. The second-order valence-corrected chi connectivity index (χ2v) is 17.5. The Hall–Kier alpha value is -6.38. The van der Waals surface area contributed by atoms with Crippen LogP contribution in [0.2, 0.25) is 10.3 Å². The normalized spacial score (nSPS) is 19.3. The topological polar surface area (TPSA) is 191 Å². The number of carbonyl (C=O) groups excluding carboxylic acids is 2. The van der Waals surface area contributed by atoms with Crippen LogP contribution in [-0.2, 0) is 30.6 Å². The van der Waals surface area contributed by atoms with E-state index in [-0.39, 0.29) is 40.4 Å². The number of nitrogens with zero attached hydrogens (tertiary/aromatic N) is 2. The third-order valence-corrected chi connectivity index (χ3v) is 12.8. The maximum atomic E-state index is 13.2. The summed E-state index contributed by atoms with van der Waals surface area (Å²) in [5.74, 6) is -0.776. The molecule has 0 unspecified atom stereocenters. The van der Waals surface area contributed by atoms with Crippen LogP contribution in [-0.4, -0.2) is 51.1 Å². The molecule has 5 aromatic rings. The number of hydrogen-bond acceptors (Lipinski definition) is 12. The molecule has 6 aliphatic rings. The zero-order valence-electron chi connectivity index (χ0n) is 35.2.